The molecule has 0 unspecified atom stereocenters. The number of carbonyl (C=O) groups excluding carboxylic acids is 2. The first-order chi connectivity index (χ1) is 21.2. The third kappa shape index (κ3) is 18.1. The average molecular weight is 750 g/mol. The van der Waals surface area contributed by atoms with Crippen molar-refractivity contribution in [3.63, 3.8) is 0 Å². The van der Waals surface area contributed by atoms with Crippen molar-refractivity contribution in [2.24, 2.45) is 10.8 Å². The van der Waals surface area contributed by atoms with E-state index in [0.29, 0.717) is 22.9 Å². The summed E-state index contributed by atoms with van der Waals surface area (Å²) in [4.78, 5) is 24.8. The maximum absolute atomic E-state index is 12.4. The van der Waals surface area contributed by atoms with Crippen LogP contribution in [0.25, 0.3) is 12.2 Å². The zero-order chi connectivity index (χ0) is 33.4. The van der Waals surface area contributed by atoms with E-state index in [1.807, 2.05) is 54.6 Å². The molecule has 0 aromatic heterocycles. The number of benzene rings is 2. The van der Waals surface area contributed by atoms with E-state index in [1.165, 1.54) is 0 Å². The molecular weight excluding hydrogens is 705 g/mol. The Labute approximate surface area is 331 Å². The van der Waals surface area contributed by atoms with E-state index in [9.17, 15) is 19.8 Å². The minimum atomic E-state index is -1.54. The first-order valence-electron chi connectivity index (χ1n) is 13.6. The van der Waals surface area contributed by atoms with Crippen molar-refractivity contribution in [2.45, 2.75) is 39.5 Å². The number of ether oxygens (including phenoxy) is 2. The summed E-state index contributed by atoms with van der Waals surface area (Å²) < 4.78 is 10.1. The molecule has 6 nitrogen and oxygen atoms in total. The Kier molecular flexibility index (Phi) is 33.8. The monoisotopic (exact) mass is 748 g/mol. The normalized spacial score (nSPS) is 10.2. The van der Waals surface area contributed by atoms with Gasteiger partial charge in [-0.1, -0.05) is 83.9 Å². The molecule has 0 aliphatic heterocycles. The van der Waals surface area contributed by atoms with Crippen LogP contribution in [0.15, 0.2) is 60.7 Å². The molecule has 0 aliphatic carbocycles. The molecule has 0 radical (unpaired) electrons. The van der Waals surface area contributed by atoms with Gasteiger partial charge in [-0.2, -0.15) is 13.5 Å². The SMILES string of the molecule is C#CCC(C/C=C/c1ccccc1Cl)(C(=O)OCC)C(=O)OCC.C#CCC(CO)(CO)C/C=C/c1ccccc1Cl.S.S=S.[AlH3].[H-].[Li+]. The Hall–Kier alpha value is -1.60. The molecule has 2 aromatic carbocycles. The van der Waals surface area contributed by atoms with Crippen LogP contribution in [0.3, 0.4) is 0 Å². The Morgan fingerprint density at radius 3 is 1.55 bits per heavy atom. The van der Waals surface area contributed by atoms with E-state index >= 15 is 0 Å². The summed E-state index contributed by atoms with van der Waals surface area (Å²) in [6.45, 7) is 3.37. The van der Waals surface area contributed by atoms with Crippen molar-refractivity contribution in [2.75, 3.05) is 26.4 Å². The fraction of sp³-hybridized carbons (Fsp3) is 0.353. The second-order valence-electron chi connectivity index (χ2n) is 9.36. The summed E-state index contributed by atoms with van der Waals surface area (Å²) in [7, 11) is 0. The molecule has 0 spiro atoms. The van der Waals surface area contributed by atoms with Gasteiger partial charge in [0.25, 0.3) is 0 Å². The largest absolute Gasteiger partial charge is 1.00 e. The maximum atomic E-state index is 12.4. The van der Waals surface area contributed by atoms with Crippen LogP contribution < -0.4 is 18.9 Å². The van der Waals surface area contributed by atoms with Crippen LogP contribution in [0.4, 0.5) is 0 Å². The van der Waals surface area contributed by atoms with E-state index < -0.39 is 22.8 Å². The Morgan fingerprint density at radius 1 is 0.830 bits per heavy atom. The predicted molar refractivity (Wildman–Crippen MR) is 206 cm³/mol. The summed E-state index contributed by atoms with van der Waals surface area (Å²) in [5, 5.41) is 19.9. The van der Waals surface area contributed by atoms with Gasteiger partial charge in [0, 0.05) is 50.7 Å². The molecule has 2 N–H and O–H groups in total. The summed E-state index contributed by atoms with van der Waals surface area (Å²) in [6, 6.07) is 14.7. The fourth-order valence-corrected chi connectivity index (χ4v) is 4.20. The van der Waals surface area contributed by atoms with Gasteiger partial charge in [-0.05, 0) is 49.9 Å². The quantitative estimate of drug-likeness (QED) is 0.132. The van der Waals surface area contributed by atoms with Gasteiger partial charge in [-0.3, -0.25) is 9.59 Å². The van der Waals surface area contributed by atoms with Crippen molar-refractivity contribution in [3.05, 3.63) is 81.9 Å². The number of terminal acetylenes is 2. The van der Waals surface area contributed by atoms with E-state index in [1.54, 1.807) is 32.1 Å². The van der Waals surface area contributed by atoms with E-state index in [-0.39, 0.29) is 90.4 Å². The van der Waals surface area contributed by atoms with Crippen molar-refractivity contribution in [3.8, 4) is 24.7 Å². The molecule has 0 atom stereocenters. The van der Waals surface area contributed by atoms with Crippen LogP contribution in [0.5, 0.6) is 0 Å². The summed E-state index contributed by atoms with van der Waals surface area (Å²) in [5.41, 5.74) is -0.503. The number of carbonyl (C=O) groups is 2. The molecule has 0 amide bonds. The van der Waals surface area contributed by atoms with Gasteiger partial charge in [-0.25, -0.2) is 0 Å². The van der Waals surface area contributed by atoms with Crippen LogP contribution in [0.1, 0.15) is 52.1 Å². The average Bonchev–Trinajstić information content (AvgIpc) is 3.03. The molecule has 0 saturated heterocycles. The molecule has 0 saturated carbocycles. The van der Waals surface area contributed by atoms with E-state index in [4.69, 9.17) is 45.5 Å². The first kappa shape index (κ1) is 52.2. The van der Waals surface area contributed by atoms with Crippen LogP contribution in [-0.2, 0) is 41.4 Å². The van der Waals surface area contributed by atoms with Gasteiger partial charge in [0.2, 0.25) is 0 Å². The standard InChI is InChI=1S/C19H21ClO4.C15H17ClO2.Al.Li.S2.H2S.4H/c1-4-13-19(17(21)23-5-2,18(22)24-6-3)14-9-11-15-10-7-8-12-16(15)20;1-2-9-15(11-17,12-18)10-5-7-13-6-3-4-8-14(13)16;;;1-2;;;;;/h1,7-12H,5-6,13-14H2,2-3H3;1,3-8,17-18H,9-12H2;;;;1H2;;;;/q;;;+1;;;;;;-1/b11-9+;7-5+;;;;;;;;. The zero-order valence-electron chi connectivity index (χ0n) is 27.3. The second kappa shape index (κ2) is 30.5. The molecular formula is C34H44AlCl2LiO6S3. The van der Waals surface area contributed by atoms with Gasteiger partial charge in [0.1, 0.15) is 0 Å². The molecule has 0 heterocycles. The van der Waals surface area contributed by atoms with Gasteiger partial charge in [-0.15, -0.1) is 24.7 Å². The van der Waals surface area contributed by atoms with Crippen molar-refractivity contribution in [1.29, 1.82) is 0 Å². The van der Waals surface area contributed by atoms with Crippen LogP contribution in [0.2, 0.25) is 10.0 Å². The molecule has 47 heavy (non-hydrogen) atoms. The minimum Gasteiger partial charge on any atom is -1.00 e. The van der Waals surface area contributed by atoms with E-state index in [2.05, 4.69) is 34.2 Å². The maximum Gasteiger partial charge on any atom is 1.00 e. The number of esters is 2. The van der Waals surface area contributed by atoms with Crippen molar-refractivity contribution >= 4 is 101 Å². The number of aliphatic hydroxyl groups is 2. The van der Waals surface area contributed by atoms with Gasteiger partial charge < -0.3 is 21.1 Å². The fourth-order valence-electron chi connectivity index (χ4n) is 3.80. The Bertz CT molecular complexity index is 1320. The third-order valence-corrected chi connectivity index (χ3v) is 6.99. The van der Waals surface area contributed by atoms with Crippen LogP contribution in [-0.4, -0.2) is 65.9 Å². The molecule has 0 aliphatic rings. The number of aliphatic hydroxyl groups excluding tert-OH is 2. The van der Waals surface area contributed by atoms with Gasteiger partial charge in [0.05, 0.1) is 26.4 Å². The minimum absolute atomic E-state index is 0. The van der Waals surface area contributed by atoms with Crippen molar-refractivity contribution < 1.29 is 49.6 Å². The summed E-state index contributed by atoms with van der Waals surface area (Å²) >= 11 is 19.4. The Morgan fingerprint density at radius 2 is 1.21 bits per heavy atom. The first-order valence-corrected chi connectivity index (χ1v) is 15.7. The van der Waals surface area contributed by atoms with Crippen LogP contribution in [0, 0.1) is 35.5 Å². The third-order valence-electron chi connectivity index (χ3n) is 6.31. The number of allylic oxidation sites excluding steroid dienone is 2. The predicted octanol–water partition coefficient (Wildman–Crippen LogP) is 2.66. The molecule has 0 fully saturated rings. The van der Waals surface area contributed by atoms with Crippen LogP contribution >= 0.6 is 36.7 Å². The topological polar surface area (TPSA) is 93.1 Å². The van der Waals surface area contributed by atoms with Gasteiger partial charge >= 0.3 is 30.8 Å². The molecule has 13 heteroatoms. The number of hydrogen-bond acceptors (Lipinski definition) is 8. The number of rotatable bonds is 14. The number of hydrogen-bond donors (Lipinski definition) is 2. The van der Waals surface area contributed by atoms with Gasteiger partial charge in [0.15, 0.2) is 22.8 Å². The zero-order valence-corrected chi connectivity index (χ0v) is 30.5. The smallest absolute Gasteiger partial charge is 1.00 e. The second-order valence-corrected chi connectivity index (χ2v) is 10.2. The summed E-state index contributed by atoms with van der Waals surface area (Å²) in [5.74, 6) is 3.52. The summed E-state index contributed by atoms with van der Waals surface area (Å²) in [6.07, 6.45) is 18.6. The van der Waals surface area contributed by atoms with Crippen molar-refractivity contribution in [1.82, 2.24) is 0 Å². The number of halogens is 2. The molecule has 0 bridgehead atoms. The molecule has 2 aromatic rings. The Balaban J connectivity index is -0.000000232. The molecule has 252 valence electrons. The molecule has 2 rings (SSSR count). The van der Waals surface area contributed by atoms with E-state index in [0.717, 1.165) is 11.1 Å².